The van der Waals surface area contributed by atoms with Crippen LogP contribution in [0.5, 0.6) is 11.5 Å². The second kappa shape index (κ2) is 11.9. The Bertz CT molecular complexity index is 1670. The number of anilines is 2. The Morgan fingerprint density at radius 2 is 1.50 bits per heavy atom. The summed E-state index contributed by atoms with van der Waals surface area (Å²) in [5.41, 5.74) is 13.9. The number of nitrogens with zero attached hydrogens (tertiary/aromatic N) is 9. The van der Waals surface area contributed by atoms with Gasteiger partial charge in [0.15, 0.2) is 0 Å². The summed E-state index contributed by atoms with van der Waals surface area (Å²) in [4.78, 5) is 23.7. The van der Waals surface area contributed by atoms with Gasteiger partial charge in [0.2, 0.25) is 0 Å². The predicted octanol–water partition coefficient (Wildman–Crippen LogP) is 6.33. The fourth-order valence-corrected chi connectivity index (χ4v) is 6.70. The monoisotopic (exact) mass is 591 g/mol. The highest BCUT2D eigenvalue weighted by molar-refractivity contribution is 6.02. The standard InChI is InChI=1S/C33H37N9O2/c1-5-39(6-2)24-13-15-28-30(19-24)44-31-20-25(40(7-3)8-4)14-16-29(31)33(28)27-12-10-9-11-26(27)32(43)42(33)22-23-21-41(38-36-23)18-17-35-37-34/h9-16,19-21H,5-8,17-18,22H2,1-4H3. The van der Waals surface area contributed by atoms with E-state index >= 15 is 0 Å². The molecule has 4 aromatic rings. The van der Waals surface area contributed by atoms with E-state index in [0.717, 1.165) is 65.7 Å². The van der Waals surface area contributed by atoms with E-state index < -0.39 is 5.54 Å². The molecule has 226 valence electrons. The Morgan fingerprint density at radius 1 is 0.886 bits per heavy atom. The summed E-state index contributed by atoms with van der Waals surface area (Å²) in [5, 5.41) is 12.2. The van der Waals surface area contributed by atoms with Crippen LogP contribution in [-0.2, 0) is 18.6 Å². The maximum absolute atomic E-state index is 14.4. The molecular formula is C33H37N9O2. The summed E-state index contributed by atoms with van der Waals surface area (Å²) in [6.45, 7) is 12.9. The molecule has 11 nitrogen and oxygen atoms in total. The van der Waals surface area contributed by atoms with Gasteiger partial charge in [-0.25, -0.2) is 0 Å². The van der Waals surface area contributed by atoms with Gasteiger partial charge in [-0.15, -0.1) is 5.10 Å². The maximum atomic E-state index is 14.4. The number of hydrogen-bond donors (Lipinski definition) is 0. The zero-order valence-electron chi connectivity index (χ0n) is 25.6. The Morgan fingerprint density at radius 3 is 2.09 bits per heavy atom. The van der Waals surface area contributed by atoms with Crippen LogP contribution in [0.4, 0.5) is 11.4 Å². The first kappa shape index (κ1) is 29.1. The Balaban J connectivity index is 1.57. The van der Waals surface area contributed by atoms with Crippen LogP contribution in [0, 0.1) is 0 Å². The molecule has 0 saturated heterocycles. The minimum Gasteiger partial charge on any atom is -0.456 e. The predicted molar refractivity (Wildman–Crippen MR) is 170 cm³/mol. The van der Waals surface area contributed by atoms with Crippen molar-refractivity contribution < 1.29 is 9.53 Å². The van der Waals surface area contributed by atoms with Crippen LogP contribution in [-0.4, -0.2) is 58.5 Å². The molecular weight excluding hydrogens is 554 g/mol. The molecule has 3 heterocycles. The van der Waals surface area contributed by atoms with E-state index in [4.69, 9.17) is 10.3 Å². The molecule has 0 N–H and O–H groups in total. The topological polar surface area (TPSA) is 115 Å². The van der Waals surface area contributed by atoms with Crippen LogP contribution in [0.3, 0.4) is 0 Å². The minimum absolute atomic E-state index is 0.0799. The number of benzene rings is 3. The van der Waals surface area contributed by atoms with Crippen molar-refractivity contribution in [3.05, 3.63) is 105 Å². The molecule has 0 bridgehead atoms. The number of hydrogen-bond acceptors (Lipinski definition) is 7. The molecule has 0 fully saturated rings. The number of azide groups is 1. The van der Waals surface area contributed by atoms with E-state index in [1.165, 1.54) is 0 Å². The molecule has 44 heavy (non-hydrogen) atoms. The summed E-state index contributed by atoms with van der Waals surface area (Å²) in [6, 6.07) is 20.6. The molecule has 0 radical (unpaired) electrons. The van der Waals surface area contributed by atoms with E-state index in [9.17, 15) is 4.79 Å². The lowest BCUT2D eigenvalue weighted by Gasteiger charge is -2.44. The van der Waals surface area contributed by atoms with Crippen molar-refractivity contribution in [2.75, 3.05) is 42.5 Å². The normalized spacial score (nSPS) is 14.0. The summed E-state index contributed by atoms with van der Waals surface area (Å²) >= 11 is 0. The van der Waals surface area contributed by atoms with E-state index in [1.807, 2.05) is 29.3 Å². The van der Waals surface area contributed by atoms with Crippen LogP contribution in [0.15, 0.2) is 72.0 Å². The highest BCUT2D eigenvalue weighted by Crippen LogP contribution is 2.58. The van der Waals surface area contributed by atoms with Crippen molar-refractivity contribution in [1.82, 2.24) is 19.9 Å². The second-order valence-electron chi connectivity index (χ2n) is 10.9. The number of rotatable bonds is 11. The third-order valence-electron chi connectivity index (χ3n) is 8.78. The van der Waals surface area contributed by atoms with Gasteiger partial charge in [0.1, 0.15) is 22.7 Å². The number of carbonyl (C=O) groups is 1. The van der Waals surface area contributed by atoms with Crippen LogP contribution >= 0.6 is 0 Å². The summed E-state index contributed by atoms with van der Waals surface area (Å²) in [7, 11) is 0. The molecule has 11 heteroatoms. The maximum Gasteiger partial charge on any atom is 0.255 e. The smallest absolute Gasteiger partial charge is 0.255 e. The van der Waals surface area contributed by atoms with Gasteiger partial charge >= 0.3 is 0 Å². The van der Waals surface area contributed by atoms with Crippen molar-refractivity contribution >= 4 is 17.3 Å². The Hall–Kier alpha value is -5.02. The number of fused-ring (bicyclic) bond motifs is 6. The molecule has 2 aliphatic heterocycles. The average Bonchev–Trinajstić information content (AvgIpc) is 3.59. The van der Waals surface area contributed by atoms with Crippen LogP contribution in [0.2, 0.25) is 0 Å². The molecule has 0 aliphatic carbocycles. The van der Waals surface area contributed by atoms with E-state index in [-0.39, 0.29) is 19.0 Å². The fraction of sp³-hybridized carbons (Fsp3) is 0.364. The number of aromatic nitrogens is 3. The van der Waals surface area contributed by atoms with E-state index in [1.54, 1.807) is 4.68 Å². The number of amides is 1. The van der Waals surface area contributed by atoms with Gasteiger partial charge in [-0.1, -0.05) is 40.7 Å². The average molecular weight is 592 g/mol. The first-order valence-corrected chi connectivity index (χ1v) is 15.3. The van der Waals surface area contributed by atoms with Crippen molar-refractivity contribution in [1.29, 1.82) is 0 Å². The van der Waals surface area contributed by atoms with Gasteiger partial charge in [0.05, 0.1) is 12.7 Å². The lowest BCUT2D eigenvalue weighted by atomic mass is 9.74. The molecule has 0 atom stereocenters. The van der Waals surface area contributed by atoms with Gasteiger partial charge in [-0.3, -0.25) is 9.48 Å². The van der Waals surface area contributed by atoms with Crippen molar-refractivity contribution in [2.45, 2.75) is 46.3 Å². The lowest BCUT2D eigenvalue weighted by Crippen LogP contribution is -2.47. The van der Waals surface area contributed by atoms with Crippen molar-refractivity contribution in [3.63, 3.8) is 0 Å². The molecule has 1 aromatic heterocycles. The zero-order chi connectivity index (χ0) is 30.8. The number of carbonyl (C=O) groups excluding carboxylic acids is 1. The van der Waals surface area contributed by atoms with Crippen LogP contribution in [0.1, 0.15) is 60.4 Å². The zero-order valence-corrected chi connectivity index (χ0v) is 25.6. The van der Waals surface area contributed by atoms with Crippen molar-refractivity contribution in [3.8, 4) is 11.5 Å². The van der Waals surface area contributed by atoms with Crippen LogP contribution in [0.25, 0.3) is 10.4 Å². The number of ether oxygens (including phenoxy) is 1. The molecule has 6 rings (SSSR count). The van der Waals surface area contributed by atoms with E-state index in [2.05, 4.69) is 100 Å². The van der Waals surface area contributed by atoms with Gasteiger partial charge in [-0.2, -0.15) is 0 Å². The van der Waals surface area contributed by atoms with Gasteiger partial charge in [0, 0.05) is 84.4 Å². The SMILES string of the molecule is CCN(CC)c1ccc2c(c1)Oc1cc(N(CC)CC)ccc1C21c2ccccc2C(=O)N1Cc1cn(CCN=[N+]=[N-])nn1. The first-order valence-electron chi connectivity index (χ1n) is 15.3. The van der Waals surface area contributed by atoms with Crippen LogP contribution < -0.4 is 14.5 Å². The molecule has 2 aliphatic rings. The molecule has 1 amide bonds. The third-order valence-corrected chi connectivity index (χ3v) is 8.78. The first-order chi connectivity index (χ1) is 21.5. The van der Waals surface area contributed by atoms with Crippen molar-refractivity contribution in [2.24, 2.45) is 5.11 Å². The summed E-state index contributed by atoms with van der Waals surface area (Å²) < 4.78 is 8.41. The molecule has 0 saturated carbocycles. The minimum atomic E-state index is -0.949. The Labute approximate surface area is 257 Å². The highest BCUT2D eigenvalue weighted by Gasteiger charge is 2.56. The molecule has 3 aromatic carbocycles. The quantitative estimate of drug-likeness (QED) is 0.114. The second-order valence-corrected chi connectivity index (χ2v) is 10.9. The van der Waals surface area contributed by atoms with E-state index in [0.29, 0.717) is 17.8 Å². The van der Waals surface area contributed by atoms with Gasteiger partial charge < -0.3 is 19.4 Å². The molecule has 1 spiro atoms. The molecule has 0 unspecified atom stereocenters. The third kappa shape index (κ3) is 4.60. The largest absolute Gasteiger partial charge is 0.456 e. The van der Waals surface area contributed by atoms with Gasteiger partial charge in [0.25, 0.3) is 5.91 Å². The summed E-state index contributed by atoms with van der Waals surface area (Å²) in [6.07, 6.45) is 1.81. The fourth-order valence-electron chi connectivity index (χ4n) is 6.70. The summed E-state index contributed by atoms with van der Waals surface area (Å²) in [5.74, 6) is 1.38. The Kier molecular flexibility index (Phi) is 7.88. The highest BCUT2D eigenvalue weighted by atomic mass is 16.5. The van der Waals surface area contributed by atoms with Gasteiger partial charge in [-0.05, 0) is 57.0 Å². The lowest BCUT2D eigenvalue weighted by molar-refractivity contribution is 0.0642.